The summed E-state index contributed by atoms with van der Waals surface area (Å²) in [4.78, 5) is 21.5. The summed E-state index contributed by atoms with van der Waals surface area (Å²) in [7, 11) is 9.31. The fraction of sp³-hybridized carbons (Fsp3) is 0.452. The van der Waals surface area contributed by atoms with Crippen molar-refractivity contribution in [3.63, 3.8) is 0 Å². The second-order valence-corrected chi connectivity index (χ2v) is 21.5. The Morgan fingerprint density at radius 1 is 0.452 bits per heavy atom. The SMILES string of the molecule is CC(CO)(CO)CO.CC(CO)(CO)CO.COc1c(C(=O)O)ccc2ccccc12.COc1c(C23OCC(C)(CO2)CO3)ccc2ccccc12.COc1ccc(C(=O)O)cc1OC.COc1ccc(C23OCC(C)(CO2)CO3)cc1OC.[H+].[H+]. The Morgan fingerprint density at radius 3 is 1.21 bits per heavy atom. The van der Waals surface area contributed by atoms with Gasteiger partial charge in [0.1, 0.15) is 17.1 Å². The van der Waals surface area contributed by atoms with E-state index in [1.165, 1.54) is 33.5 Å². The average Bonchev–Trinajstić information content (AvgIpc) is 0.848. The number of hydrogen-bond acceptors (Lipinski definition) is 20. The van der Waals surface area contributed by atoms with Gasteiger partial charge >= 0.3 is 26.7 Å². The molecule has 0 radical (unpaired) electrons. The molecular weight excluding hydrogens is 1100 g/mol. The van der Waals surface area contributed by atoms with E-state index < -0.39 is 34.7 Å². The van der Waals surface area contributed by atoms with Gasteiger partial charge < -0.3 is 97.7 Å². The molecule has 4 bridgehead atoms. The third kappa shape index (κ3) is 16.3. The number of aliphatic hydroxyl groups is 6. The molecule has 0 unspecified atom stereocenters. The molecule has 6 saturated heterocycles. The van der Waals surface area contributed by atoms with E-state index in [1.807, 2.05) is 72.8 Å². The Balaban J connectivity index is 0.000000278. The highest BCUT2D eigenvalue weighted by Crippen LogP contribution is 2.49. The maximum absolute atomic E-state index is 10.9. The third-order valence-corrected chi connectivity index (χ3v) is 14.0. The number of methoxy groups -OCH3 is 6. The zero-order valence-electron chi connectivity index (χ0n) is 51.2. The van der Waals surface area contributed by atoms with E-state index in [0.717, 1.165) is 38.4 Å². The topological polar surface area (TPSA) is 307 Å². The van der Waals surface area contributed by atoms with E-state index in [4.69, 9.17) is 97.7 Å². The van der Waals surface area contributed by atoms with Crippen molar-refractivity contribution in [3.05, 3.63) is 131 Å². The second kappa shape index (κ2) is 30.3. The summed E-state index contributed by atoms with van der Waals surface area (Å²) in [5.74, 6) is -0.791. The zero-order chi connectivity index (χ0) is 61.9. The van der Waals surface area contributed by atoms with Crippen molar-refractivity contribution in [2.24, 2.45) is 21.7 Å². The summed E-state index contributed by atoms with van der Waals surface area (Å²) < 4.78 is 66.3. The molecule has 0 aromatic heterocycles. The molecule has 6 aliphatic heterocycles. The van der Waals surface area contributed by atoms with Crippen LogP contribution in [-0.2, 0) is 40.4 Å². The van der Waals surface area contributed by atoms with Gasteiger partial charge in [0.25, 0.3) is 0 Å². The van der Waals surface area contributed by atoms with Gasteiger partial charge in [-0.15, -0.1) is 0 Å². The highest BCUT2D eigenvalue weighted by molar-refractivity contribution is 6.00. The Labute approximate surface area is 491 Å². The molecule has 12 rings (SSSR count). The molecule has 6 heterocycles. The van der Waals surface area contributed by atoms with Gasteiger partial charge in [-0.1, -0.05) is 88.4 Å². The molecule has 0 spiro atoms. The van der Waals surface area contributed by atoms with Crippen LogP contribution in [0.1, 0.15) is 62.4 Å². The number of hydrogen-bond donors (Lipinski definition) is 8. The Hall–Kier alpha value is -6.90. The van der Waals surface area contributed by atoms with Crippen LogP contribution in [0.15, 0.2) is 109 Å². The predicted octanol–water partition coefficient (Wildman–Crippen LogP) is 7.05. The van der Waals surface area contributed by atoms with Crippen LogP contribution in [-0.4, -0.2) is 175 Å². The number of aliphatic hydroxyl groups excluding tert-OH is 6. The van der Waals surface area contributed by atoms with Gasteiger partial charge in [-0.2, -0.15) is 0 Å². The van der Waals surface area contributed by atoms with Crippen LogP contribution in [0, 0.1) is 21.7 Å². The van der Waals surface area contributed by atoms with Crippen molar-refractivity contribution in [1.82, 2.24) is 0 Å². The van der Waals surface area contributed by atoms with E-state index in [9.17, 15) is 9.59 Å². The minimum atomic E-state index is -1.13. The number of rotatable bonds is 16. The van der Waals surface area contributed by atoms with Crippen LogP contribution in [0.5, 0.6) is 34.5 Å². The Kier molecular flexibility index (Phi) is 24.5. The predicted molar refractivity (Wildman–Crippen MR) is 310 cm³/mol. The first-order valence-electron chi connectivity index (χ1n) is 26.6. The highest BCUT2D eigenvalue weighted by Gasteiger charge is 2.54. The van der Waals surface area contributed by atoms with E-state index in [1.54, 1.807) is 53.4 Å². The lowest BCUT2D eigenvalue weighted by Crippen LogP contribution is -2.57. The smallest absolute Gasteiger partial charge is 0.496 e. The van der Waals surface area contributed by atoms with Crippen LogP contribution in [0.4, 0.5) is 0 Å². The maximum Gasteiger partial charge on any atom is 1.00 e. The summed E-state index contributed by atoms with van der Waals surface area (Å²) >= 11 is 0. The lowest BCUT2D eigenvalue weighted by molar-refractivity contribution is -0.477. The Bertz CT molecular complexity index is 3010. The van der Waals surface area contributed by atoms with Gasteiger partial charge in [-0.25, -0.2) is 9.59 Å². The van der Waals surface area contributed by atoms with E-state index >= 15 is 0 Å². The highest BCUT2D eigenvalue weighted by atomic mass is 16.9. The molecule has 0 saturated carbocycles. The van der Waals surface area contributed by atoms with Crippen LogP contribution in [0.3, 0.4) is 0 Å². The molecule has 6 aromatic rings. The standard InChI is InChI=1S/C17H18O4.C14H18O5.C12H10O3.C9H10O4.2C5H12O3/c1-16-9-19-17(20-10-16,21-11-16)14-8-7-12-5-3-4-6-13(12)15(14)18-2;1-13-7-17-14(18-8-13,19-9-13)10-4-5-11(15-2)12(6-10)16-3;1-15-11-9-5-3-2-4-8(9)6-7-10(11)12(13)14;1-12-7-4-3-6(9(10)11)5-8(7)13-2;2*1-5(2-6,3-7)4-8/h3-8H,9-11H2,1-2H3;4-6H,7-9H2,1-3H3;2-7H,1H3,(H,13,14);3-5H,1-2H3,(H,10,11);2*6-8H,2-4H2,1H3/p+2. The largest absolute Gasteiger partial charge is 1.00 e. The normalized spacial score (nSPS) is 21.0. The van der Waals surface area contributed by atoms with E-state index in [-0.39, 0.29) is 64.5 Å². The summed E-state index contributed by atoms with van der Waals surface area (Å²) in [5, 5.41) is 72.4. The van der Waals surface area contributed by atoms with Gasteiger partial charge in [-0.3, -0.25) is 0 Å². The molecule has 0 aliphatic carbocycles. The summed E-state index contributed by atoms with van der Waals surface area (Å²) in [5.41, 5.74) is 0.440. The summed E-state index contributed by atoms with van der Waals surface area (Å²) in [6.07, 6.45) is 0. The van der Waals surface area contributed by atoms with Gasteiger partial charge in [0.2, 0.25) is 0 Å². The number of carboxylic acid groups (broad SMARTS) is 2. The maximum atomic E-state index is 10.9. The van der Waals surface area contributed by atoms with Crippen molar-refractivity contribution in [1.29, 1.82) is 0 Å². The third-order valence-electron chi connectivity index (χ3n) is 14.0. The lowest BCUT2D eigenvalue weighted by atomic mass is 9.90. The fourth-order valence-corrected chi connectivity index (χ4v) is 8.23. The molecule has 0 amide bonds. The molecule has 22 heteroatoms. The van der Waals surface area contributed by atoms with Crippen LogP contribution >= 0.6 is 0 Å². The van der Waals surface area contributed by atoms with Gasteiger partial charge in [0.15, 0.2) is 23.0 Å². The minimum absolute atomic E-state index is 0. The number of ether oxygens (including phenoxy) is 12. The molecular formula is C62H82O22+2. The summed E-state index contributed by atoms with van der Waals surface area (Å²) in [6, 6.07) is 32.9. The molecule has 6 fully saturated rings. The first kappa shape index (κ1) is 67.9. The number of fused-ring (bicyclic) bond motifs is 8. The van der Waals surface area contributed by atoms with E-state index in [2.05, 4.69) is 19.9 Å². The molecule has 84 heavy (non-hydrogen) atoms. The average molecular weight is 1180 g/mol. The van der Waals surface area contributed by atoms with Crippen molar-refractivity contribution in [3.8, 4) is 34.5 Å². The number of aromatic carboxylic acids is 2. The van der Waals surface area contributed by atoms with Gasteiger partial charge in [0.05, 0.1) is 133 Å². The Morgan fingerprint density at radius 2 is 0.833 bits per heavy atom. The first-order valence-corrected chi connectivity index (χ1v) is 26.6. The fourth-order valence-electron chi connectivity index (χ4n) is 8.23. The molecule has 6 aliphatic rings. The van der Waals surface area contributed by atoms with Crippen molar-refractivity contribution < 1.29 is 110 Å². The summed E-state index contributed by atoms with van der Waals surface area (Å²) in [6.45, 7) is 10.1. The van der Waals surface area contributed by atoms with Crippen LogP contribution < -0.4 is 28.4 Å². The molecule has 22 nitrogen and oxygen atoms in total. The monoisotopic (exact) mass is 1180 g/mol. The first-order chi connectivity index (χ1) is 40.1. The molecule has 8 N–H and O–H groups in total. The van der Waals surface area contributed by atoms with Crippen molar-refractivity contribution in [2.75, 3.05) is 122 Å². The molecule has 0 atom stereocenters. The zero-order valence-corrected chi connectivity index (χ0v) is 49.2. The van der Waals surface area contributed by atoms with E-state index in [0.29, 0.717) is 68.4 Å². The van der Waals surface area contributed by atoms with Crippen LogP contribution in [0.2, 0.25) is 0 Å². The molecule has 6 aromatic carbocycles. The minimum Gasteiger partial charge on any atom is -0.496 e. The number of benzene rings is 6. The van der Waals surface area contributed by atoms with Crippen molar-refractivity contribution in [2.45, 2.75) is 39.6 Å². The van der Waals surface area contributed by atoms with Gasteiger partial charge in [-0.05, 0) is 59.3 Å². The lowest BCUT2D eigenvalue weighted by Gasteiger charge is -2.50. The quantitative estimate of drug-likeness (QED) is 0.0481. The second-order valence-electron chi connectivity index (χ2n) is 21.5. The van der Waals surface area contributed by atoms with Crippen LogP contribution in [0.25, 0.3) is 21.5 Å². The number of carboxylic acids is 2. The number of carbonyl (C=O) groups is 2. The molecule has 460 valence electrons. The van der Waals surface area contributed by atoms with Gasteiger partial charge in [0, 0.05) is 38.0 Å². The van der Waals surface area contributed by atoms with Crippen molar-refractivity contribution >= 4 is 33.5 Å².